The fourth-order valence-corrected chi connectivity index (χ4v) is 2.12. The van der Waals surface area contributed by atoms with E-state index < -0.39 is 0 Å². The highest BCUT2D eigenvalue weighted by Crippen LogP contribution is 2.36. The van der Waals surface area contributed by atoms with Gasteiger partial charge >= 0.3 is 0 Å². The van der Waals surface area contributed by atoms with Crippen molar-refractivity contribution >= 4 is 11.0 Å². The third-order valence-electron chi connectivity index (χ3n) is 3.19. The van der Waals surface area contributed by atoms with Gasteiger partial charge < -0.3 is 19.0 Å². The number of benzene rings is 2. The highest BCUT2D eigenvalue weighted by molar-refractivity contribution is 5.85. The molecule has 102 valence electrons. The van der Waals surface area contributed by atoms with Crippen LogP contribution >= 0.6 is 0 Å². The Bertz CT molecular complexity index is 758. The van der Waals surface area contributed by atoms with Crippen molar-refractivity contribution in [1.29, 1.82) is 0 Å². The van der Waals surface area contributed by atoms with Gasteiger partial charge in [0, 0.05) is 5.39 Å². The predicted molar refractivity (Wildman–Crippen MR) is 76.4 cm³/mol. The Kier molecular flexibility index (Phi) is 2.99. The summed E-state index contributed by atoms with van der Waals surface area (Å²) in [7, 11) is 3.20. The van der Waals surface area contributed by atoms with Crippen molar-refractivity contribution in [1.82, 2.24) is 0 Å². The second kappa shape index (κ2) is 4.81. The van der Waals surface area contributed by atoms with Crippen molar-refractivity contribution in [2.24, 2.45) is 0 Å². The summed E-state index contributed by atoms with van der Waals surface area (Å²) >= 11 is 0. The molecule has 0 aliphatic rings. The molecule has 0 atom stereocenters. The van der Waals surface area contributed by atoms with E-state index in [1.165, 1.54) is 0 Å². The number of methoxy groups -OCH3 is 2. The fraction of sp³-hybridized carbons (Fsp3) is 0.125. The van der Waals surface area contributed by atoms with Gasteiger partial charge in [-0.2, -0.15) is 0 Å². The zero-order valence-electron chi connectivity index (χ0n) is 11.2. The van der Waals surface area contributed by atoms with E-state index in [1.807, 2.05) is 24.3 Å². The average molecular weight is 270 g/mol. The van der Waals surface area contributed by atoms with Crippen LogP contribution in [0.4, 0.5) is 0 Å². The zero-order chi connectivity index (χ0) is 14.1. The number of rotatable bonds is 3. The lowest BCUT2D eigenvalue weighted by Crippen LogP contribution is -1.83. The quantitative estimate of drug-likeness (QED) is 0.786. The van der Waals surface area contributed by atoms with Gasteiger partial charge in [-0.05, 0) is 42.5 Å². The smallest absolute Gasteiger partial charge is 0.139 e. The topological polar surface area (TPSA) is 51.8 Å². The fourth-order valence-electron chi connectivity index (χ4n) is 2.12. The van der Waals surface area contributed by atoms with Gasteiger partial charge in [0.25, 0.3) is 0 Å². The van der Waals surface area contributed by atoms with E-state index in [0.29, 0.717) is 17.1 Å². The summed E-state index contributed by atoms with van der Waals surface area (Å²) in [4.78, 5) is 0. The van der Waals surface area contributed by atoms with Crippen LogP contribution in [-0.2, 0) is 0 Å². The van der Waals surface area contributed by atoms with Crippen molar-refractivity contribution in [2.75, 3.05) is 14.2 Å². The van der Waals surface area contributed by atoms with Crippen LogP contribution < -0.4 is 9.47 Å². The molecule has 0 aliphatic carbocycles. The molecule has 3 rings (SSSR count). The largest absolute Gasteiger partial charge is 0.507 e. The second-order valence-corrected chi connectivity index (χ2v) is 4.40. The number of hydrogen-bond donors (Lipinski definition) is 1. The minimum absolute atomic E-state index is 0.150. The molecule has 2 aromatic carbocycles. The van der Waals surface area contributed by atoms with Crippen molar-refractivity contribution in [3.8, 4) is 28.6 Å². The summed E-state index contributed by atoms with van der Waals surface area (Å²) in [6.45, 7) is 0. The number of fused-ring (bicyclic) bond motifs is 1. The molecule has 1 aromatic heterocycles. The molecule has 0 bridgehead atoms. The van der Waals surface area contributed by atoms with Crippen LogP contribution in [0.15, 0.2) is 46.9 Å². The first-order valence-corrected chi connectivity index (χ1v) is 6.16. The van der Waals surface area contributed by atoms with Gasteiger partial charge in [0.2, 0.25) is 0 Å². The maximum Gasteiger partial charge on any atom is 0.139 e. The molecule has 4 nitrogen and oxygen atoms in total. The molecule has 0 fully saturated rings. The SMILES string of the molecule is COc1ccc(O)c(-c2cc3cc(OC)ccc3o2)c1. The summed E-state index contributed by atoms with van der Waals surface area (Å²) in [6, 6.07) is 12.5. The molecule has 1 heterocycles. The lowest BCUT2D eigenvalue weighted by Gasteiger charge is -2.04. The molecular weight excluding hydrogens is 256 g/mol. The van der Waals surface area contributed by atoms with E-state index in [1.54, 1.807) is 32.4 Å². The summed E-state index contributed by atoms with van der Waals surface area (Å²) in [6.07, 6.45) is 0. The summed E-state index contributed by atoms with van der Waals surface area (Å²) in [5.41, 5.74) is 1.34. The number of aromatic hydroxyl groups is 1. The Morgan fingerprint density at radius 1 is 0.900 bits per heavy atom. The van der Waals surface area contributed by atoms with E-state index >= 15 is 0 Å². The standard InChI is InChI=1S/C16H14O4/c1-18-11-4-6-15-10(7-11)8-16(20-15)13-9-12(19-2)3-5-14(13)17/h3-9,17H,1-2H3. The van der Waals surface area contributed by atoms with Crippen molar-refractivity contribution in [2.45, 2.75) is 0 Å². The van der Waals surface area contributed by atoms with Crippen molar-refractivity contribution < 1.29 is 19.0 Å². The minimum Gasteiger partial charge on any atom is -0.507 e. The third-order valence-corrected chi connectivity index (χ3v) is 3.19. The van der Waals surface area contributed by atoms with Gasteiger partial charge in [-0.25, -0.2) is 0 Å². The number of phenolic OH excluding ortho intramolecular Hbond substituents is 1. The van der Waals surface area contributed by atoms with E-state index in [-0.39, 0.29) is 5.75 Å². The van der Waals surface area contributed by atoms with E-state index in [2.05, 4.69) is 0 Å². The lowest BCUT2D eigenvalue weighted by molar-refractivity contribution is 0.412. The molecule has 4 heteroatoms. The molecule has 0 radical (unpaired) electrons. The Balaban J connectivity index is 2.14. The molecule has 0 unspecified atom stereocenters. The third kappa shape index (κ3) is 2.05. The Labute approximate surface area is 116 Å². The first-order chi connectivity index (χ1) is 9.71. The molecule has 3 aromatic rings. The maximum absolute atomic E-state index is 9.97. The first kappa shape index (κ1) is 12.4. The molecule has 0 spiro atoms. The van der Waals surface area contributed by atoms with Gasteiger partial charge in [0.05, 0.1) is 19.8 Å². The number of ether oxygens (including phenoxy) is 2. The zero-order valence-corrected chi connectivity index (χ0v) is 11.2. The molecule has 0 amide bonds. The summed E-state index contributed by atoms with van der Waals surface area (Å²) in [5.74, 6) is 2.16. The minimum atomic E-state index is 0.150. The Hall–Kier alpha value is -2.62. The van der Waals surface area contributed by atoms with Crippen LogP contribution in [0.5, 0.6) is 17.2 Å². The van der Waals surface area contributed by atoms with Crippen LogP contribution in [0.2, 0.25) is 0 Å². The van der Waals surface area contributed by atoms with E-state index in [4.69, 9.17) is 13.9 Å². The number of hydrogen-bond acceptors (Lipinski definition) is 4. The first-order valence-electron chi connectivity index (χ1n) is 6.16. The normalized spacial score (nSPS) is 10.7. The van der Waals surface area contributed by atoms with Crippen LogP contribution in [0.3, 0.4) is 0 Å². The Morgan fingerprint density at radius 2 is 1.60 bits per heavy atom. The van der Waals surface area contributed by atoms with E-state index in [0.717, 1.165) is 16.7 Å². The average Bonchev–Trinajstić information content (AvgIpc) is 2.90. The van der Waals surface area contributed by atoms with Gasteiger partial charge in [0.15, 0.2) is 0 Å². The predicted octanol–water partition coefficient (Wildman–Crippen LogP) is 3.82. The highest BCUT2D eigenvalue weighted by atomic mass is 16.5. The van der Waals surface area contributed by atoms with Crippen LogP contribution in [0.1, 0.15) is 0 Å². The summed E-state index contributed by atoms with van der Waals surface area (Å²) < 4.78 is 16.1. The van der Waals surface area contributed by atoms with Gasteiger partial charge in [0.1, 0.15) is 28.6 Å². The summed E-state index contributed by atoms with van der Waals surface area (Å²) in [5, 5.41) is 10.9. The van der Waals surface area contributed by atoms with Crippen LogP contribution in [0.25, 0.3) is 22.3 Å². The molecular formula is C16H14O4. The van der Waals surface area contributed by atoms with Crippen molar-refractivity contribution in [3.05, 3.63) is 42.5 Å². The molecule has 0 saturated heterocycles. The van der Waals surface area contributed by atoms with E-state index in [9.17, 15) is 5.11 Å². The van der Waals surface area contributed by atoms with Crippen LogP contribution in [0, 0.1) is 0 Å². The lowest BCUT2D eigenvalue weighted by atomic mass is 10.1. The molecule has 1 N–H and O–H groups in total. The molecule has 0 saturated carbocycles. The Morgan fingerprint density at radius 3 is 2.35 bits per heavy atom. The van der Waals surface area contributed by atoms with Gasteiger partial charge in [-0.3, -0.25) is 0 Å². The molecule has 0 aliphatic heterocycles. The number of phenols is 1. The van der Waals surface area contributed by atoms with Gasteiger partial charge in [-0.1, -0.05) is 0 Å². The van der Waals surface area contributed by atoms with Crippen LogP contribution in [-0.4, -0.2) is 19.3 Å². The second-order valence-electron chi connectivity index (χ2n) is 4.40. The highest BCUT2D eigenvalue weighted by Gasteiger charge is 2.12. The maximum atomic E-state index is 9.97. The van der Waals surface area contributed by atoms with Crippen molar-refractivity contribution in [3.63, 3.8) is 0 Å². The monoisotopic (exact) mass is 270 g/mol. The molecule has 20 heavy (non-hydrogen) atoms. The number of furan rings is 1. The van der Waals surface area contributed by atoms with Gasteiger partial charge in [-0.15, -0.1) is 0 Å².